The first-order chi connectivity index (χ1) is 13.1. The SMILES string of the molecule is CCC1c2[nH]c3ccccc3c2CCN1C(=S)Nc1ccc(OC)cc1C. The summed E-state index contributed by atoms with van der Waals surface area (Å²) in [4.78, 5) is 5.96. The minimum atomic E-state index is 0.264. The van der Waals surface area contributed by atoms with Crippen LogP contribution in [0.15, 0.2) is 42.5 Å². The lowest BCUT2D eigenvalue weighted by Crippen LogP contribution is -2.42. The average molecular weight is 380 g/mol. The van der Waals surface area contributed by atoms with Crippen molar-refractivity contribution < 1.29 is 4.74 Å². The van der Waals surface area contributed by atoms with Crippen molar-refractivity contribution in [1.29, 1.82) is 0 Å². The molecule has 2 N–H and O–H groups in total. The highest BCUT2D eigenvalue weighted by Crippen LogP contribution is 2.36. The number of thiocarbonyl (C=S) groups is 1. The van der Waals surface area contributed by atoms with Crippen molar-refractivity contribution in [2.45, 2.75) is 32.7 Å². The third kappa shape index (κ3) is 3.16. The summed E-state index contributed by atoms with van der Waals surface area (Å²) >= 11 is 5.80. The van der Waals surface area contributed by atoms with E-state index in [0.29, 0.717) is 0 Å². The normalized spacial score (nSPS) is 16.3. The number of anilines is 1. The van der Waals surface area contributed by atoms with Gasteiger partial charge in [-0.25, -0.2) is 0 Å². The van der Waals surface area contributed by atoms with Gasteiger partial charge < -0.3 is 19.9 Å². The second-order valence-electron chi connectivity index (χ2n) is 7.04. The molecule has 3 aromatic rings. The molecule has 0 aliphatic carbocycles. The van der Waals surface area contributed by atoms with E-state index in [1.165, 1.54) is 22.2 Å². The van der Waals surface area contributed by atoms with Gasteiger partial charge in [0.15, 0.2) is 5.11 Å². The number of aromatic nitrogens is 1. The van der Waals surface area contributed by atoms with Gasteiger partial charge in [-0.2, -0.15) is 0 Å². The van der Waals surface area contributed by atoms with E-state index in [1.807, 2.05) is 18.2 Å². The number of benzene rings is 2. The molecule has 0 saturated carbocycles. The van der Waals surface area contributed by atoms with Crippen molar-refractivity contribution >= 4 is 33.9 Å². The molecule has 1 unspecified atom stereocenters. The second-order valence-corrected chi connectivity index (χ2v) is 7.43. The van der Waals surface area contributed by atoms with Gasteiger partial charge in [-0.1, -0.05) is 25.1 Å². The molecule has 0 amide bonds. The Balaban J connectivity index is 1.61. The zero-order valence-corrected chi connectivity index (χ0v) is 16.8. The van der Waals surface area contributed by atoms with Crippen molar-refractivity contribution in [3.8, 4) is 5.75 Å². The molecule has 0 fully saturated rings. The Morgan fingerprint density at radius 3 is 2.85 bits per heavy atom. The number of H-pyrrole nitrogens is 1. The van der Waals surface area contributed by atoms with Crippen LogP contribution in [0.1, 0.15) is 36.2 Å². The molecule has 1 aliphatic rings. The van der Waals surface area contributed by atoms with Crippen LogP contribution in [0.4, 0.5) is 5.69 Å². The third-order valence-electron chi connectivity index (χ3n) is 5.48. The summed E-state index contributed by atoms with van der Waals surface area (Å²) in [5, 5.41) is 5.57. The maximum absolute atomic E-state index is 5.80. The van der Waals surface area contributed by atoms with Gasteiger partial charge >= 0.3 is 0 Å². The van der Waals surface area contributed by atoms with E-state index in [0.717, 1.165) is 41.5 Å². The van der Waals surface area contributed by atoms with Crippen LogP contribution in [0.25, 0.3) is 10.9 Å². The smallest absolute Gasteiger partial charge is 0.174 e. The number of hydrogen-bond donors (Lipinski definition) is 2. The monoisotopic (exact) mass is 379 g/mol. The van der Waals surface area contributed by atoms with E-state index < -0.39 is 0 Å². The molecule has 0 bridgehead atoms. The molecule has 0 spiro atoms. The van der Waals surface area contributed by atoms with Crippen molar-refractivity contribution in [3.63, 3.8) is 0 Å². The van der Waals surface area contributed by atoms with E-state index >= 15 is 0 Å². The Morgan fingerprint density at radius 2 is 2.11 bits per heavy atom. The van der Waals surface area contributed by atoms with Gasteiger partial charge in [0.05, 0.1) is 13.2 Å². The number of para-hydroxylation sites is 1. The molecule has 5 heteroatoms. The van der Waals surface area contributed by atoms with Crippen LogP contribution in [-0.2, 0) is 6.42 Å². The fourth-order valence-corrected chi connectivity index (χ4v) is 4.41. The fourth-order valence-electron chi connectivity index (χ4n) is 4.08. The molecule has 2 heterocycles. The molecular formula is C22H25N3OS. The Labute approximate surface area is 165 Å². The lowest BCUT2D eigenvalue weighted by atomic mass is 9.96. The quantitative estimate of drug-likeness (QED) is 0.614. The molecule has 0 saturated heterocycles. The number of fused-ring (bicyclic) bond motifs is 3. The number of hydrogen-bond acceptors (Lipinski definition) is 2. The van der Waals surface area contributed by atoms with Gasteiger partial charge in [-0.15, -0.1) is 0 Å². The fraction of sp³-hybridized carbons (Fsp3) is 0.318. The van der Waals surface area contributed by atoms with Gasteiger partial charge in [-0.05, 0) is 67.4 Å². The van der Waals surface area contributed by atoms with Crippen molar-refractivity contribution in [3.05, 3.63) is 59.3 Å². The van der Waals surface area contributed by atoms with Crippen LogP contribution < -0.4 is 10.1 Å². The molecule has 140 valence electrons. The van der Waals surface area contributed by atoms with Gasteiger partial charge in [0.1, 0.15) is 5.75 Å². The van der Waals surface area contributed by atoms with E-state index in [-0.39, 0.29) is 6.04 Å². The second kappa shape index (κ2) is 7.24. The molecule has 4 nitrogen and oxygen atoms in total. The highest BCUT2D eigenvalue weighted by molar-refractivity contribution is 7.80. The van der Waals surface area contributed by atoms with Gasteiger partial charge in [0.25, 0.3) is 0 Å². The Hall–Kier alpha value is -2.53. The number of nitrogens with one attached hydrogen (secondary N) is 2. The number of aromatic amines is 1. The number of aryl methyl sites for hydroxylation is 1. The first kappa shape index (κ1) is 17.9. The van der Waals surface area contributed by atoms with Crippen molar-refractivity contribution in [1.82, 2.24) is 9.88 Å². The largest absolute Gasteiger partial charge is 0.497 e. The van der Waals surface area contributed by atoms with Gasteiger partial charge in [0, 0.05) is 28.8 Å². The zero-order chi connectivity index (χ0) is 19.0. The van der Waals surface area contributed by atoms with Crippen molar-refractivity contribution in [2.24, 2.45) is 0 Å². The summed E-state index contributed by atoms with van der Waals surface area (Å²) in [6, 6.07) is 14.8. The molecule has 1 aromatic heterocycles. The highest BCUT2D eigenvalue weighted by Gasteiger charge is 2.30. The van der Waals surface area contributed by atoms with Crippen LogP contribution in [0, 0.1) is 6.92 Å². The van der Waals surface area contributed by atoms with Crippen molar-refractivity contribution in [2.75, 3.05) is 19.0 Å². The summed E-state index contributed by atoms with van der Waals surface area (Å²) in [6.45, 7) is 5.21. The molecule has 1 atom stereocenters. The number of nitrogens with zero attached hydrogens (tertiary/aromatic N) is 1. The highest BCUT2D eigenvalue weighted by atomic mass is 32.1. The molecule has 27 heavy (non-hydrogen) atoms. The number of ether oxygens (including phenoxy) is 1. The maximum atomic E-state index is 5.80. The summed E-state index contributed by atoms with van der Waals surface area (Å²) in [7, 11) is 1.68. The predicted molar refractivity (Wildman–Crippen MR) is 116 cm³/mol. The summed E-state index contributed by atoms with van der Waals surface area (Å²) in [5.41, 5.74) is 6.11. The lowest BCUT2D eigenvalue weighted by molar-refractivity contribution is 0.291. The summed E-state index contributed by atoms with van der Waals surface area (Å²) in [6.07, 6.45) is 2.00. The van der Waals surface area contributed by atoms with Crippen LogP contribution in [0.5, 0.6) is 5.75 Å². The third-order valence-corrected chi connectivity index (χ3v) is 5.82. The average Bonchev–Trinajstić information content (AvgIpc) is 3.07. The summed E-state index contributed by atoms with van der Waals surface area (Å²) in [5.74, 6) is 0.857. The lowest BCUT2D eigenvalue weighted by Gasteiger charge is -2.37. The standard InChI is InChI=1S/C22H25N3OS/c1-4-20-21-17(16-7-5-6-8-19(16)23-21)11-12-25(20)22(27)24-18-10-9-15(26-3)13-14(18)2/h5-10,13,20,23H,4,11-12H2,1-3H3,(H,24,27). The number of methoxy groups -OCH3 is 1. The van der Waals surface area contributed by atoms with Gasteiger partial charge in [-0.3, -0.25) is 0 Å². The first-order valence-corrected chi connectivity index (χ1v) is 9.85. The van der Waals surface area contributed by atoms with E-state index in [1.54, 1.807) is 7.11 Å². The molecule has 2 aromatic carbocycles. The van der Waals surface area contributed by atoms with E-state index in [9.17, 15) is 0 Å². The minimum Gasteiger partial charge on any atom is -0.497 e. The Bertz CT molecular complexity index is 994. The molecule has 4 rings (SSSR count). The van der Waals surface area contributed by atoms with Crippen LogP contribution in [-0.4, -0.2) is 28.7 Å². The van der Waals surface area contributed by atoms with Crippen LogP contribution in [0.2, 0.25) is 0 Å². The molecule has 1 aliphatic heterocycles. The molecular weight excluding hydrogens is 354 g/mol. The minimum absolute atomic E-state index is 0.264. The van der Waals surface area contributed by atoms with E-state index in [4.69, 9.17) is 17.0 Å². The maximum Gasteiger partial charge on any atom is 0.174 e. The Morgan fingerprint density at radius 1 is 1.30 bits per heavy atom. The first-order valence-electron chi connectivity index (χ1n) is 9.44. The predicted octanol–water partition coefficient (Wildman–Crippen LogP) is 5.19. The zero-order valence-electron chi connectivity index (χ0n) is 16.0. The van der Waals surface area contributed by atoms with Gasteiger partial charge in [0.2, 0.25) is 0 Å². The number of rotatable bonds is 3. The Kier molecular flexibility index (Phi) is 4.79. The topological polar surface area (TPSA) is 40.3 Å². The van der Waals surface area contributed by atoms with Crippen LogP contribution >= 0.6 is 12.2 Å². The van der Waals surface area contributed by atoms with Crippen LogP contribution in [0.3, 0.4) is 0 Å². The van der Waals surface area contributed by atoms with E-state index in [2.05, 4.69) is 53.3 Å². The molecule has 0 radical (unpaired) electrons. The summed E-state index contributed by atoms with van der Waals surface area (Å²) < 4.78 is 5.30.